The second-order valence-corrected chi connectivity index (χ2v) is 7.34. The number of primary amides is 1. The molecule has 0 unspecified atom stereocenters. The molecule has 2 aliphatic heterocycles. The lowest BCUT2D eigenvalue weighted by molar-refractivity contribution is -0.136. The molecule has 1 saturated heterocycles. The summed E-state index contributed by atoms with van der Waals surface area (Å²) in [7, 11) is 1.31. The minimum absolute atomic E-state index is 0.135. The third-order valence-corrected chi connectivity index (χ3v) is 5.46. The Labute approximate surface area is 175 Å². The molecule has 162 valence electrons. The number of methoxy groups -OCH3 is 1. The molecule has 0 radical (unpaired) electrons. The molecular formula is C21H28N4O5. The van der Waals surface area contributed by atoms with E-state index in [9.17, 15) is 14.4 Å². The molecule has 1 aromatic carbocycles. The number of rotatable bonds is 7. The number of nitrogens with two attached hydrogens (primary N) is 1. The van der Waals surface area contributed by atoms with Crippen molar-refractivity contribution in [3.8, 4) is 5.75 Å². The van der Waals surface area contributed by atoms with E-state index in [1.165, 1.54) is 7.11 Å². The van der Waals surface area contributed by atoms with Crippen LogP contribution in [0.3, 0.4) is 0 Å². The van der Waals surface area contributed by atoms with Crippen molar-refractivity contribution in [2.24, 2.45) is 11.7 Å². The highest BCUT2D eigenvalue weighted by molar-refractivity contribution is 5.95. The Kier molecular flexibility index (Phi) is 6.94. The van der Waals surface area contributed by atoms with Crippen LogP contribution in [0.25, 0.3) is 0 Å². The maximum absolute atomic E-state index is 12.7. The predicted octanol–water partition coefficient (Wildman–Crippen LogP) is 1.06. The van der Waals surface area contributed by atoms with E-state index in [1.54, 1.807) is 6.07 Å². The molecule has 9 nitrogen and oxygen atoms in total. The van der Waals surface area contributed by atoms with Crippen molar-refractivity contribution in [2.45, 2.75) is 25.8 Å². The number of nitrogens with one attached hydrogen (secondary N) is 2. The number of carbonyl (C=O) groups excluding carboxylic acids is 3. The van der Waals surface area contributed by atoms with Gasteiger partial charge in [0.2, 0.25) is 5.91 Å². The van der Waals surface area contributed by atoms with E-state index in [1.807, 2.05) is 25.1 Å². The molecular weight excluding hydrogens is 388 g/mol. The van der Waals surface area contributed by atoms with Crippen LogP contribution in [-0.2, 0) is 14.3 Å². The van der Waals surface area contributed by atoms with Crippen molar-refractivity contribution in [3.63, 3.8) is 0 Å². The van der Waals surface area contributed by atoms with Gasteiger partial charge in [0, 0.05) is 23.7 Å². The van der Waals surface area contributed by atoms with Crippen LogP contribution in [0, 0.1) is 5.92 Å². The summed E-state index contributed by atoms with van der Waals surface area (Å²) in [5.41, 5.74) is 6.91. The van der Waals surface area contributed by atoms with Gasteiger partial charge in [-0.05, 0) is 38.9 Å². The smallest absolute Gasteiger partial charge is 0.338 e. The van der Waals surface area contributed by atoms with Crippen molar-refractivity contribution in [2.75, 3.05) is 33.4 Å². The normalized spacial score (nSPS) is 20.3. The molecule has 2 aliphatic rings. The molecule has 1 atom stereocenters. The van der Waals surface area contributed by atoms with Gasteiger partial charge in [-0.15, -0.1) is 0 Å². The van der Waals surface area contributed by atoms with E-state index < -0.39 is 18.0 Å². The van der Waals surface area contributed by atoms with Gasteiger partial charge in [0.25, 0.3) is 0 Å². The van der Waals surface area contributed by atoms with Crippen molar-refractivity contribution in [3.05, 3.63) is 41.1 Å². The first-order valence-electron chi connectivity index (χ1n) is 10.1. The Bertz CT molecular complexity index is 846. The summed E-state index contributed by atoms with van der Waals surface area (Å²) in [5, 5.41) is 5.59. The van der Waals surface area contributed by atoms with E-state index in [-0.39, 0.29) is 11.8 Å². The standard InChI is InChI=1S/C21H28N4O5/c1-3-30-16-7-5-4-6-14(16)18-17(20(27)29-2)15(23-21(28)24-18)12-25-10-8-13(9-11-25)19(22)26/h4-7,13,18H,3,8-12H2,1-2H3,(H2,22,26)(H2,23,24,28)/t18-/m0/s1. The highest BCUT2D eigenvalue weighted by Gasteiger charge is 2.36. The number of esters is 1. The number of carbonyl (C=O) groups is 3. The minimum atomic E-state index is -0.702. The number of nitrogens with zero attached hydrogens (tertiary/aromatic N) is 1. The lowest BCUT2D eigenvalue weighted by atomic mass is 9.93. The number of ether oxygens (including phenoxy) is 2. The Morgan fingerprint density at radius 1 is 1.23 bits per heavy atom. The zero-order valence-corrected chi connectivity index (χ0v) is 17.3. The lowest BCUT2D eigenvalue weighted by Gasteiger charge is -2.35. The number of hydrogen-bond acceptors (Lipinski definition) is 6. The van der Waals surface area contributed by atoms with Crippen molar-refractivity contribution >= 4 is 17.9 Å². The Balaban J connectivity index is 1.93. The summed E-state index contributed by atoms with van der Waals surface area (Å²) in [4.78, 5) is 38.7. The van der Waals surface area contributed by atoms with Crippen molar-refractivity contribution < 1.29 is 23.9 Å². The topological polar surface area (TPSA) is 123 Å². The molecule has 0 aromatic heterocycles. The second kappa shape index (κ2) is 9.62. The lowest BCUT2D eigenvalue weighted by Crippen LogP contribution is -2.49. The van der Waals surface area contributed by atoms with Gasteiger partial charge in [-0.25, -0.2) is 9.59 Å². The van der Waals surface area contributed by atoms with Gasteiger partial charge in [0.1, 0.15) is 5.75 Å². The minimum Gasteiger partial charge on any atom is -0.494 e. The Morgan fingerprint density at radius 2 is 1.93 bits per heavy atom. The molecule has 0 saturated carbocycles. The number of piperidine rings is 1. The van der Waals surface area contributed by atoms with Gasteiger partial charge in [-0.2, -0.15) is 0 Å². The fourth-order valence-electron chi connectivity index (χ4n) is 3.93. The number of amides is 3. The SMILES string of the molecule is CCOc1ccccc1[C@@H]1NC(=O)NC(CN2CCC(C(N)=O)CC2)=C1C(=O)OC. The van der Waals surface area contributed by atoms with Crippen LogP contribution < -0.4 is 21.1 Å². The number of urea groups is 1. The van der Waals surface area contributed by atoms with Crippen LogP contribution in [0.5, 0.6) is 5.75 Å². The zero-order chi connectivity index (χ0) is 21.7. The van der Waals surface area contributed by atoms with Gasteiger partial charge >= 0.3 is 12.0 Å². The third-order valence-electron chi connectivity index (χ3n) is 5.46. The first-order chi connectivity index (χ1) is 14.4. The average molecular weight is 416 g/mol. The number of benzene rings is 1. The van der Waals surface area contributed by atoms with Crippen LogP contribution in [-0.4, -0.2) is 56.2 Å². The first kappa shape index (κ1) is 21.6. The fourth-order valence-corrected chi connectivity index (χ4v) is 3.93. The van der Waals surface area contributed by atoms with Crippen LogP contribution in [0.4, 0.5) is 4.79 Å². The molecule has 2 heterocycles. The second-order valence-electron chi connectivity index (χ2n) is 7.34. The van der Waals surface area contributed by atoms with Crippen LogP contribution in [0.15, 0.2) is 35.5 Å². The quantitative estimate of drug-likeness (QED) is 0.571. The fraction of sp³-hybridized carbons (Fsp3) is 0.476. The first-order valence-corrected chi connectivity index (χ1v) is 10.1. The van der Waals surface area contributed by atoms with E-state index in [0.29, 0.717) is 61.7 Å². The summed E-state index contributed by atoms with van der Waals surface area (Å²) >= 11 is 0. The largest absolute Gasteiger partial charge is 0.494 e. The molecule has 3 amide bonds. The van der Waals surface area contributed by atoms with Crippen LogP contribution in [0.1, 0.15) is 31.4 Å². The van der Waals surface area contributed by atoms with E-state index in [0.717, 1.165) is 0 Å². The Hall–Kier alpha value is -3.07. The van der Waals surface area contributed by atoms with Crippen LogP contribution in [0.2, 0.25) is 0 Å². The molecule has 0 aliphatic carbocycles. The monoisotopic (exact) mass is 416 g/mol. The number of likely N-dealkylation sites (tertiary alicyclic amines) is 1. The van der Waals surface area contributed by atoms with Gasteiger partial charge in [-0.3, -0.25) is 9.69 Å². The summed E-state index contributed by atoms with van der Waals surface area (Å²) in [6.45, 7) is 3.98. The molecule has 3 rings (SSSR count). The molecule has 4 N–H and O–H groups in total. The molecule has 0 spiro atoms. The van der Waals surface area contributed by atoms with E-state index in [2.05, 4.69) is 15.5 Å². The van der Waals surface area contributed by atoms with Gasteiger partial charge in [0.05, 0.1) is 25.3 Å². The van der Waals surface area contributed by atoms with Gasteiger partial charge in [0.15, 0.2) is 0 Å². The van der Waals surface area contributed by atoms with Gasteiger partial charge < -0.3 is 25.8 Å². The molecule has 9 heteroatoms. The maximum atomic E-state index is 12.7. The van der Waals surface area contributed by atoms with E-state index >= 15 is 0 Å². The number of hydrogen-bond donors (Lipinski definition) is 3. The van der Waals surface area contributed by atoms with Crippen molar-refractivity contribution in [1.82, 2.24) is 15.5 Å². The maximum Gasteiger partial charge on any atom is 0.338 e. The highest BCUT2D eigenvalue weighted by atomic mass is 16.5. The summed E-state index contributed by atoms with van der Waals surface area (Å²) < 4.78 is 10.7. The molecule has 1 aromatic rings. The summed E-state index contributed by atoms with van der Waals surface area (Å²) in [6.07, 6.45) is 1.30. The molecule has 0 bridgehead atoms. The van der Waals surface area contributed by atoms with Crippen molar-refractivity contribution in [1.29, 1.82) is 0 Å². The highest BCUT2D eigenvalue weighted by Crippen LogP contribution is 2.34. The molecule has 30 heavy (non-hydrogen) atoms. The zero-order valence-electron chi connectivity index (χ0n) is 17.3. The van der Waals surface area contributed by atoms with Crippen LogP contribution >= 0.6 is 0 Å². The van der Waals surface area contributed by atoms with Gasteiger partial charge in [-0.1, -0.05) is 18.2 Å². The summed E-state index contributed by atoms with van der Waals surface area (Å²) in [6, 6.07) is 6.18. The predicted molar refractivity (Wildman–Crippen MR) is 109 cm³/mol. The van der Waals surface area contributed by atoms with E-state index in [4.69, 9.17) is 15.2 Å². The Morgan fingerprint density at radius 3 is 2.57 bits per heavy atom. The average Bonchev–Trinajstić information content (AvgIpc) is 2.74. The molecule has 1 fully saturated rings. The third kappa shape index (κ3) is 4.73. The summed E-state index contributed by atoms with van der Waals surface area (Å²) in [5.74, 6) is -0.355. The number of para-hydroxylation sites is 1.